The summed E-state index contributed by atoms with van der Waals surface area (Å²) in [5.74, 6) is -0.654. The van der Waals surface area contributed by atoms with Crippen molar-refractivity contribution >= 4 is 11.9 Å². The van der Waals surface area contributed by atoms with E-state index >= 15 is 0 Å². The molecule has 1 aromatic rings. The van der Waals surface area contributed by atoms with Crippen LogP contribution >= 0.6 is 0 Å². The van der Waals surface area contributed by atoms with Crippen molar-refractivity contribution in [3.63, 3.8) is 0 Å². The van der Waals surface area contributed by atoms with E-state index in [0.29, 0.717) is 30.0 Å². The lowest BCUT2D eigenvalue weighted by Gasteiger charge is -2.19. The second-order valence-electron chi connectivity index (χ2n) is 3.94. The van der Waals surface area contributed by atoms with Crippen LogP contribution in [0.5, 0.6) is 0 Å². The Hall–Kier alpha value is -1.85. The third-order valence-electron chi connectivity index (χ3n) is 2.75. The van der Waals surface area contributed by atoms with Crippen LogP contribution in [0.2, 0.25) is 0 Å². The van der Waals surface area contributed by atoms with Gasteiger partial charge in [0.05, 0.1) is 12.1 Å². The summed E-state index contributed by atoms with van der Waals surface area (Å²) in [4.78, 5) is 24.3. The van der Waals surface area contributed by atoms with Gasteiger partial charge in [-0.1, -0.05) is 12.1 Å². The zero-order chi connectivity index (χ0) is 13.7. The van der Waals surface area contributed by atoms with Gasteiger partial charge in [0.25, 0.3) is 5.91 Å². The van der Waals surface area contributed by atoms with Crippen molar-refractivity contribution in [1.29, 1.82) is 0 Å². The van der Waals surface area contributed by atoms with Crippen LogP contribution in [0.4, 0.5) is 0 Å². The number of carboxylic acid groups (broad SMARTS) is 1. The molecule has 0 atom stereocenters. The third kappa shape index (κ3) is 3.09. The van der Waals surface area contributed by atoms with Gasteiger partial charge in [0, 0.05) is 13.1 Å². The molecular formula is C12H18N2O4. The first-order valence-corrected chi connectivity index (χ1v) is 5.97. The van der Waals surface area contributed by atoms with Crippen molar-refractivity contribution in [2.45, 2.75) is 33.6 Å². The van der Waals surface area contributed by atoms with Gasteiger partial charge < -0.3 is 14.5 Å². The maximum Gasteiger partial charge on any atom is 0.305 e. The lowest BCUT2D eigenvalue weighted by molar-refractivity contribution is -0.137. The topological polar surface area (TPSA) is 83.6 Å². The molecule has 0 aliphatic carbocycles. The highest BCUT2D eigenvalue weighted by Crippen LogP contribution is 2.16. The number of carboxylic acids is 1. The Balaban J connectivity index is 2.89. The monoisotopic (exact) mass is 254 g/mol. The zero-order valence-electron chi connectivity index (χ0n) is 10.9. The molecule has 1 aromatic heterocycles. The normalized spacial score (nSPS) is 10.4. The van der Waals surface area contributed by atoms with Crippen LogP contribution in [-0.2, 0) is 11.2 Å². The van der Waals surface area contributed by atoms with Crippen molar-refractivity contribution in [3.05, 3.63) is 17.0 Å². The fourth-order valence-corrected chi connectivity index (χ4v) is 1.73. The Bertz CT molecular complexity index is 439. The maximum atomic E-state index is 12.3. The number of carbonyl (C=O) groups is 2. The number of aromatic nitrogens is 1. The molecule has 0 aliphatic heterocycles. The molecule has 0 fully saturated rings. The van der Waals surface area contributed by atoms with Crippen LogP contribution in [-0.4, -0.2) is 40.1 Å². The van der Waals surface area contributed by atoms with Crippen LogP contribution in [0.3, 0.4) is 0 Å². The molecule has 6 nitrogen and oxygen atoms in total. The smallest absolute Gasteiger partial charge is 0.305 e. The summed E-state index contributed by atoms with van der Waals surface area (Å²) in [6.45, 7) is 6.04. The molecule has 100 valence electrons. The Labute approximate surface area is 106 Å². The Morgan fingerprint density at radius 3 is 2.56 bits per heavy atom. The van der Waals surface area contributed by atoms with E-state index < -0.39 is 5.97 Å². The first kappa shape index (κ1) is 14.2. The predicted octanol–water partition coefficient (Wildman–Crippen LogP) is 1.48. The van der Waals surface area contributed by atoms with Gasteiger partial charge in [-0.3, -0.25) is 9.59 Å². The maximum absolute atomic E-state index is 12.3. The summed E-state index contributed by atoms with van der Waals surface area (Å²) in [6.07, 6.45) is 0.542. The number of carbonyl (C=O) groups excluding carboxylic acids is 1. The van der Waals surface area contributed by atoms with E-state index in [1.54, 1.807) is 6.92 Å². The van der Waals surface area contributed by atoms with Gasteiger partial charge in [0.2, 0.25) is 0 Å². The van der Waals surface area contributed by atoms with Gasteiger partial charge >= 0.3 is 5.97 Å². The summed E-state index contributed by atoms with van der Waals surface area (Å²) >= 11 is 0. The van der Waals surface area contributed by atoms with Crippen LogP contribution in [0.1, 0.15) is 42.1 Å². The molecule has 1 N–H and O–H groups in total. The number of aryl methyl sites for hydroxylation is 2. The second-order valence-corrected chi connectivity index (χ2v) is 3.94. The highest BCUT2D eigenvalue weighted by atomic mass is 16.5. The van der Waals surface area contributed by atoms with Crippen molar-refractivity contribution < 1.29 is 19.2 Å². The highest BCUT2D eigenvalue weighted by molar-refractivity contribution is 5.96. The van der Waals surface area contributed by atoms with E-state index in [1.807, 2.05) is 13.8 Å². The molecule has 1 amide bonds. The fourth-order valence-electron chi connectivity index (χ4n) is 1.73. The molecular weight excluding hydrogens is 236 g/mol. The molecule has 0 aliphatic rings. The predicted molar refractivity (Wildman–Crippen MR) is 64.4 cm³/mol. The molecule has 0 aromatic carbocycles. The standard InChI is InChI=1S/C12H18N2O4/c1-4-9-11(8(3)18-13-9)12(17)14(5-2)7-6-10(15)16/h4-7H2,1-3H3,(H,15,16). The van der Waals surface area contributed by atoms with Gasteiger partial charge in [-0.15, -0.1) is 0 Å². The van der Waals surface area contributed by atoms with Crippen LogP contribution in [0, 0.1) is 6.92 Å². The molecule has 0 unspecified atom stereocenters. The minimum absolute atomic E-state index is 0.0641. The van der Waals surface area contributed by atoms with Crippen molar-refractivity contribution in [2.75, 3.05) is 13.1 Å². The van der Waals surface area contributed by atoms with Crippen LogP contribution < -0.4 is 0 Å². The largest absolute Gasteiger partial charge is 0.481 e. The lowest BCUT2D eigenvalue weighted by atomic mass is 10.1. The molecule has 1 rings (SSSR count). The Morgan fingerprint density at radius 2 is 2.06 bits per heavy atom. The average molecular weight is 254 g/mol. The molecule has 0 bridgehead atoms. The van der Waals surface area contributed by atoms with Gasteiger partial charge in [-0.25, -0.2) is 0 Å². The van der Waals surface area contributed by atoms with Gasteiger partial charge in [0.15, 0.2) is 0 Å². The second kappa shape index (κ2) is 6.18. The molecule has 6 heteroatoms. The number of nitrogens with zero attached hydrogens (tertiary/aromatic N) is 2. The molecule has 0 saturated carbocycles. The Kier molecular flexibility index (Phi) is 4.88. The molecule has 0 spiro atoms. The van der Waals surface area contributed by atoms with Crippen molar-refractivity contribution in [1.82, 2.24) is 10.1 Å². The van der Waals surface area contributed by atoms with Crippen LogP contribution in [0.15, 0.2) is 4.52 Å². The number of hydrogen-bond donors (Lipinski definition) is 1. The van der Waals surface area contributed by atoms with E-state index in [1.165, 1.54) is 4.90 Å². The van der Waals surface area contributed by atoms with Gasteiger partial charge in [-0.2, -0.15) is 0 Å². The molecule has 1 heterocycles. The van der Waals surface area contributed by atoms with Gasteiger partial charge in [0.1, 0.15) is 11.3 Å². The van der Waals surface area contributed by atoms with Gasteiger partial charge in [-0.05, 0) is 20.3 Å². The number of rotatable bonds is 6. The summed E-state index contributed by atoms with van der Waals surface area (Å²) in [5, 5.41) is 12.5. The first-order valence-electron chi connectivity index (χ1n) is 5.97. The summed E-state index contributed by atoms with van der Waals surface area (Å²) in [6, 6.07) is 0. The van der Waals surface area contributed by atoms with E-state index in [-0.39, 0.29) is 18.9 Å². The number of hydrogen-bond acceptors (Lipinski definition) is 4. The third-order valence-corrected chi connectivity index (χ3v) is 2.75. The van der Waals surface area contributed by atoms with Crippen molar-refractivity contribution in [3.8, 4) is 0 Å². The molecule has 0 saturated heterocycles. The number of amides is 1. The molecule has 0 radical (unpaired) electrons. The summed E-state index contributed by atoms with van der Waals surface area (Å²) in [5.41, 5.74) is 1.08. The number of aliphatic carboxylic acids is 1. The molecule has 18 heavy (non-hydrogen) atoms. The minimum Gasteiger partial charge on any atom is -0.481 e. The SMILES string of the molecule is CCc1noc(C)c1C(=O)N(CC)CCC(=O)O. The summed E-state index contributed by atoms with van der Waals surface area (Å²) in [7, 11) is 0. The van der Waals surface area contributed by atoms with E-state index in [2.05, 4.69) is 5.16 Å². The zero-order valence-corrected chi connectivity index (χ0v) is 10.9. The Morgan fingerprint density at radius 1 is 1.39 bits per heavy atom. The summed E-state index contributed by atoms with van der Waals surface area (Å²) < 4.78 is 5.01. The first-order chi connectivity index (χ1) is 8.51. The van der Waals surface area contributed by atoms with Crippen LogP contribution in [0.25, 0.3) is 0 Å². The highest BCUT2D eigenvalue weighted by Gasteiger charge is 2.23. The average Bonchev–Trinajstić information content (AvgIpc) is 2.70. The quantitative estimate of drug-likeness (QED) is 0.831. The van der Waals surface area contributed by atoms with E-state index in [0.717, 1.165) is 0 Å². The van der Waals surface area contributed by atoms with Crippen molar-refractivity contribution in [2.24, 2.45) is 0 Å². The lowest BCUT2D eigenvalue weighted by Crippen LogP contribution is -2.33. The minimum atomic E-state index is -0.918. The van der Waals surface area contributed by atoms with E-state index in [9.17, 15) is 9.59 Å². The fraction of sp³-hybridized carbons (Fsp3) is 0.583. The van der Waals surface area contributed by atoms with E-state index in [4.69, 9.17) is 9.63 Å².